The highest BCUT2D eigenvalue weighted by atomic mass is 14.9. The maximum absolute atomic E-state index is 3.43. The molecule has 0 aromatic heterocycles. The van der Waals surface area contributed by atoms with E-state index in [0.29, 0.717) is 6.04 Å². The van der Waals surface area contributed by atoms with Gasteiger partial charge in [-0.05, 0) is 25.8 Å². The second kappa shape index (κ2) is 4.80. The fourth-order valence-corrected chi connectivity index (χ4v) is 0.608. The predicted molar refractivity (Wildman–Crippen MR) is 42.6 cm³/mol. The van der Waals surface area contributed by atoms with E-state index in [1.807, 2.05) is 0 Å². The molecule has 0 amide bonds. The molecule has 1 atom stereocenters. The van der Waals surface area contributed by atoms with Crippen molar-refractivity contribution in [3.8, 4) is 0 Å². The first kappa shape index (κ1) is 8.96. The summed E-state index contributed by atoms with van der Waals surface area (Å²) in [6, 6.07) is 0.671. The molecule has 0 spiro atoms. The van der Waals surface area contributed by atoms with Crippen molar-refractivity contribution in [2.75, 3.05) is 6.54 Å². The number of hydrogen-bond acceptors (Lipinski definition) is 1. The molecular formula is C8H19N. The Morgan fingerprint density at radius 2 is 1.78 bits per heavy atom. The summed E-state index contributed by atoms with van der Waals surface area (Å²) in [7, 11) is 0. The lowest BCUT2D eigenvalue weighted by Gasteiger charge is -2.16. The molecule has 9 heavy (non-hydrogen) atoms. The molecule has 0 fully saturated rings. The number of rotatable bonds is 4. The van der Waals surface area contributed by atoms with Gasteiger partial charge in [-0.15, -0.1) is 0 Å². The van der Waals surface area contributed by atoms with Crippen molar-refractivity contribution in [2.24, 2.45) is 5.92 Å². The Morgan fingerprint density at radius 1 is 1.22 bits per heavy atom. The van der Waals surface area contributed by atoms with E-state index in [4.69, 9.17) is 0 Å². The van der Waals surface area contributed by atoms with E-state index in [2.05, 4.69) is 33.0 Å². The molecule has 0 aliphatic carbocycles. The van der Waals surface area contributed by atoms with Crippen LogP contribution in [0.2, 0.25) is 0 Å². The lowest BCUT2D eigenvalue weighted by molar-refractivity contribution is 0.428. The molecule has 0 radical (unpaired) electrons. The Morgan fingerprint density at radius 3 is 2.11 bits per heavy atom. The zero-order valence-corrected chi connectivity index (χ0v) is 7.07. The van der Waals surface area contributed by atoms with Gasteiger partial charge < -0.3 is 5.32 Å². The standard InChI is InChI=1S/C8H19N/c1-5-6-9-8(4)7(2)3/h7-9H,5-6H2,1-4H3/t8-/m1/s1. The van der Waals surface area contributed by atoms with Crippen LogP contribution in [0.3, 0.4) is 0 Å². The Hall–Kier alpha value is -0.0400. The van der Waals surface area contributed by atoms with Crippen LogP contribution in [0.4, 0.5) is 0 Å². The lowest BCUT2D eigenvalue weighted by Crippen LogP contribution is -2.31. The van der Waals surface area contributed by atoms with Gasteiger partial charge >= 0.3 is 0 Å². The summed E-state index contributed by atoms with van der Waals surface area (Å²) in [5.41, 5.74) is 0. The Kier molecular flexibility index (Phi) is 4.78. The van der Waals surface area contributed by atoms with Gasteiger partial charge in [0.05, 0.1) is 0 Å². The highest BCUT2D eigenvalue weighted by molar-refractivity contribution is 4.62. The first-order valence-electron chi connectivity index (χ1n) is 3.91. The molecule has 56 valence electrons. The monoisotopic (exact) mass is 129 g/mol. The van der Waals surface area contributed by atoms with Gasteiger partial charge in [-0.3, -0.25) is 0 Å². The molecule has 0 aromatic carbocycles. The minimum Gasteiger partial charge on any atom is -0.314 e. The second-order valence-corrected chi connectivity index (χ2v) is 2.99. The summed E-state index contributed by atoms with van der Waals surface area (Å²) in [6.07, 6.45) is 1.23. The smallest absolute Gasteiger partial charge is 0.00617 e. The molecule has 0 aliphatic heterocycles. The molecular weight excluding hydrogens is 110 g/mol. The Bertz CT molecular complexity index is 59.6. The Balaban J connectivity index is 3.16. The van der Waals surface area contributed by atoms with E-state index >= 15 is 0 Å². The van der Waals surface area contributed by atoms with Gasteiger partial charge in [-0.1, -0.05) is 20.8 Å². The van der Waals surface area contributed by atoms with Gasteiger partial charge in [0, 0.05) is 6.04 Å². The summed E-state index contributed by atoms with van der Waals surface area (Å²) in [5.74, 6) is 0.761. The average molecular weight is 129 g/mol. The summed E-state index contributed by atoms with van der Waals surface area (Å²) in [6.45, 7) is 10.1. The third kappa shape index (κ3) is 4.46. The molecule has 1 nitrogen and oxygen atoms in total. The third-order valence-corrected chi connectivity index (χ3v) is 1.72. The maximum atomic E-state index is 3.43. The van der Waals surface area contributed by atoms with Crippen molar-refractivity contribution in [1.82, 2.24) is 5.32 Å². The third-order valence-electron chi connectivity index (χ3n) is 1.72. The van der Waals surface area contributed by atoms with Gasteiger partial charge in [0.1, 0.15) is 0 Å². The SMILES string of the molecule is CCCN[C@H](C)C(C)C. The zero-order chi connectivity index (χ0) is 7.28. The van der Waals surface area contributed by atoms with Crippen LogP contribution >= 0.6 is 0 Å². The van der Waals surface area contributed by atoms with Crippen LogP contribution in [0.15, 0.2) is 0 Å². The van der Waals surface area contributed by atoms with Crippen molar-refractivity contribution in [3.05, 3.63) is 0 Å². The van der Waals surface area contributed by atoms with Crippen LogP contribution in [-0.2, 0) is 0 Å². The van der Waals surface area contributed by atoms with Crippen LogP contribution in [-0.4, -0.2) is 12.6 Å². The van der Waals surface area contributed by atoms with Crippen LogP contribution in [0.1, 0.15) is 34.1 Å². The molecule has 0 aliphatic rings. The van der Waals surface area contributed by atoms with Gasteiger partial charge in [0.2, 0.25) is 0 Å². The van der Waals surface area contributed by atoms with Crippen molar-refractivity contribution in [2.45, 2.75) is 40.2 Å². The molecule has 1 N–H and O–H groups in total. The van der Waals surface area contributed by atoms with Crippen LogP contribution in [0, 0.1) is 5.92 Å². The van der Waals surface area contributed by atoms with Gasteiger partial charge in [0.25, 0.3) is 0 Å². The largest absolute Gasteiger partial charge is 0.314 e. The summed E-state index contributed by atoms with van der Waals surface area (Å²) >= 11 is 0. The Labute approximate surface area is 58.8 Å². The topological polar surface area (TPSA) is 12.0 Å². The molecule has 0 saturated carbocycles. The average Bonchev–Trinajstić information content (AvgIpc) is 1.82. The van der Waals surface area contributed by atoms with Gasteiger partial charge in [-0.2, -0.15) is 0 Å². The summed E-state index contributed by atoms with van der Waals surface area (Å²) < 4.78 is 0. The predicted octanol–water partition coefficient (Wildman–Crippen LogP) is 2.03. The molecule has 0 bridgehead atoms. The zero-order valence-electron chi connectivity index (χ0n) is 7.07. The van der Waals surface area contributed by atoms with E-state index in [-0.39, 0.29) is 0 Å². The maximum Gasteiger partial charge on any atom is 0.00617 e. The fraction of sp³-hybridized carbons (Fsp3) is 1.00. The molecule has 0 heterocycles. The van der Waals surface area contributed by atoms with E-state index in [9.17, 15) is 0 Å². The van der Waals surface area contributed by atoms with Gasteiger partial charge in [0.15, 0.2) is 0 Å². The first-order chi connectivity index (χ1) is 4.18. The van der Waals surface area contributed by atoms with Crippen LogP contribution in [0.5, 0.6) is 0 Å². The molecule has 1 heteroatoms. The second-order valence-electron chi connectivity index (χ2n) is 2.99. The van der Waals surface area contributed by atoms with E-state index < -0.39 is 0 Å². The van der Waals surface area contributed by atoms with E-state index in [1.54, 1.807) is 0 Å². The molecule has 0 unspecified atom stereocenters. The van der Waals surface area contributed by atoms with Crippen molar-refractivity contribution in [3.63, 3.8) is 0 Å². The fourth-order valence-electron chi connectivity index (χ4n) is 0.608. The van der Waals surface area contributed by atoms with Crippen LogP contribution < -0.4 is 5.32 Å². The first-order valence-corrected chi connectivity index (χ1v) is 3.91. The minimum atomic E-state index is 0.671. The highest BCUT2D eigenvalue weighted by Crippen LogP contribution is 1.98. The van der Waals surface area contributed by atoms with E-state index in [0.717, 1.165) is 12.5 Å². The number of nitrogens with one attached hydrogen (secondary N) is 1. The van der Waals surface area contributed by atoms with E-state index in [1.165, 1.54) is 6.42 Å². The molecule has 0 saturated heterocycles. The number of hydrogen-bond donors (Lipinski definition) is 1. The van der Waals surface area contributed by atoms with Crippen molar-refractivity contribution in [1.29, 1.82) is 0 Å². The van der Waals surface area contributed by atoms with Crippen molar-refractivity contribution < 1.29 is 0 Å². The quantitative estimate of drug-likeness (QED) is 0.612. The molecule has 0 aromatic rings. The summed E-state index contributed by atoms with van der Waals surface area (Å²) in [5, 5.41) is 3.43. The van der Waals surface area contributed by atoms with Crippen molar-refractivity contribution >= 4 is 0 Å². The normalized spacial score (nSPS) is 14.3. The summed E-state index contributed by atoms with van der Waals surface area (Å²) in [4.78, 5) is 0. The highest BCUT2D eigenvalue weighted by Gasteiger charge is 2.03. The minimum absolute atomic E-state index is 0.671. The van der Waals surface area contributed by atoms with Crippen LogP contribution in [0.25, 0.3) is 0 Å². The molecule has 0 rings (SSSR count). The van der Waals surface area contributed by atoms with Gasteiger partial charge in [-0.25, -0.2) is 0 Å². The lowest BCUT2D eigenvalue weighted by atomic mass is 10.1.